The van der Waals surface area contributed by atoms with Gasteiger partial charge in [0.25, 0.3) is 0 Å². The maximum atomic E-state index is 12.5. The first kappa shape index (κ1) is 21.4. The average molecular weight is 430 g/mol. The van der Waals surface area contributed by atoms with Crippen LogP contribution in [0.5, 0.6) is 0 Å². The molecule has 1 fully saturated rings. The Kier molecular flexibility index (Phi) is 6.72. The molecule has 30 heavy (non-hydrogen) atoms. The van der Waals surface area contributed by atoms with Gasteiger partial charge in [0.1, 0.15) is 18.0 Å². The highest BCUT2D eigenvalue weighted by Crippen LogP contribution is 2.44. The van der Waals surface area contributed by atoms with Crippen molar-refractivity contribution in [1.82, 2.24) is 9.55 Å². The molecule has 1 aromatic heterocycles. The van der Waals surface area contributed by atoms with Crippen LogP contribution < -0.4 is 11.0 Å². The monoisotopic (exact) mass is 430 g/mol. The second-order valence-corrected chi connectivity index (χ2v) is 7.72. The summed E-state index contributed by atoms with van der Waals surface area (Å²) in [6, 6.07) is 8.73. The Bertz CT molecular complexity index is 1040. The predicted molar refractivity (Wildman–Crippen MR) is 109 cm³/mol. The maximum Gasteiger partial charge on any atom is 0.350 e. The van der Waals surface area contributed by atoms with Crippen molar-refractivity contribution in [3.8, 4) is 0 Å². The molecule has 0 aliphatic carbocycles. The molecule has 0 unspecified atom stereocenters. The lowest BCUT2D eigenvalue weighted by molar-refractivity contribution is -0.114. The number of anilines is 1. The van der Waals surface area contributed by atoms with Crippen LogP contribution in [0, 0.1) is 0 Å². The lowest BCUT2D eigenvalue weighted by Crippen LogP contribution is -2.38. The van der Waals surface area contributed by atoms with Gasteiger partial charge < -0.3 is 15.2 Å². The van der Waals surface area contributed by atoms with Crippen LogP contribution in [-0.2, 0) is 9.53 Å². The van der Waals surface area contributed by atoms with E-state index in [0.717, 1.165) is 11.8 Å². The number of esters is 1. The van der Waals surface area contributed by atoms with E-state index in [4.69, 9.17) is 10.3 Å². The summed E-state index contributed by atoms with van der Waals surface area (Å²) in [6.07, 6.45) is 0.434. The van der Waals surface area contributed by atoms with Crippen LogP contribution in [0.3, 0.4) is 0 Å². The number of aliphatic hydroxyl groups is 1. The number of hydrogen-bond acceptors (Lipinski definition) is 8. The number of aliphatic hydroxyl groups excluding tert-OH is 1. The third-order valence-electron chi connectivity index (χ3n) is 4.34. The molecule has 1 aliphatic heterocycles. The van der Waals surface area contributed by atoms with Gasteiger partial charge in [-0.05, 0) is 23.7 Å². The van der Waals surface area contributed by atoms with Crippen molar-refractivity contribution >= 4 is 29.5 Å². The zero-order valence-corrected chi connectivity index (χ0v) is 16.6. The molecule has 2 aromatic rings. The molecule has 1 aromatic carbocycles. The Morgan fingerprint density at radius 1 is 1.37 bits per heavy atom. The molecular formula is C18H18N6O5S. The highest BCUT2D eigenvalue weighted by atomic mass is 32.2. The predicted octanol–water partition coefficient (Wildman–Crippen LogP) is 1.71. The molecule has 0 bridgehead atoms. The Morgan fingerprint density at radius 2 is 2.10 bits per heavy atom. The molecule has 2 heterocycles. The lowest BCUT2D eigenvalue weighted by Gasteiger charge is -2.22. The van der Waals surface area contributed by atoms with Gasteiger partial charge in [-0.1, -0.05) is 23.3 Å². The van der Waals surface area contributed by atoms with Gasteiger partial charge in [0, 0.05) is 18.0 Å². The summed E-state index contributed by atoms with van der Waals surface area (Å²) in [4.78, 5) is 42.8. The molecule has 1 aliphatic rings. The SMILES string of the molecule is CC(=O)Nc1ccn([C@H]2S[C@H](CO)[C@@H](OC(=O)c3ccccc3)[C@H]2N=[N+]=[N-])c(=O)n1. The largest absolute Gasteiger partial charge is 0.457 e. The standard InChI is InChI=1S/C18H18N6O5S/c1-10(26)20-13-7-8-24(18(28)21-13)16-14(22-23-19)15(12(9-25)30-16)29-17(27)11-5-3-2-4-6-11/h2-8,12,14-16,25H,9H2,1H3,(H,20,21,26,28)/t12-,14-,15-,16+/m1/s1. The first-order valence-electron chi connectivity index (χ1n) is 8.88. The minimum absolute atomic E-state index is 0.0813. The summed E-state index contributed by atoms with van der Waals surface area (Å²) < 4.78 is 6.77. The number of nitrogens with one attached hydrogen (secondary N) is 1. The van der Waals surface area contributed by atoms with Gasteiger partial charge in [0.15, 0.2) is 0 Å². The number of amides is 1. The van der Waals surface area contributed by atoms with Crippen molar-refractivity contribution in [2.24, 2.45) is 5.11 Å². The fourth-order valence-corrected chi connectivity index (χ4v) is 4.52. The quantitative estimate of drug-likeness (QED) is 0.305. The van der Waals surface area contributed by atoms with Crippen molar-refractivity contribution in [3.05, 3.63) is 69.1 Å². The van der Waals surface area contributed by atoms with Crippen molar-refractivity contribution in [2.45, 2.75) is 29.7 Å². The van der Waals surface area contributed by atoms with E-state index in [-0.39, 0.29) is 18.3 Å². The molecule has 1 amide bonds. The summed E-state index contributed by atoms with van der Waals surface area (Å²) in [5.74, 6) is -0.933. The average Bonchev–Trinajstić information content (AvgIpc) is 3.05. The summed E-state index contributed by atoms with van der Waals surface area (Å²) in [5.41, 5.74) is 8.64. The lowest BCUT2D eigenvalue weighted by atomic mass is 10.1. The summed E-state index contributed by atoms with van der Waals surface area (Å²) in [5, 5.41) is 14.5. The number of ether oxygens (including phenoxy) is 1. The molecule has 2 N–H and O–H groups in total. The number of aromatic nitrogens is 2. The fourth-order valence-electron chi connectivity index (χ4n) is 3.05. The van der Waals surface area contributed by atoms with Gasteiger partial charge >= 0.3 is 11.7 Å². The molecule has 0 saturated carbocycles. The van der Waals surface area contributed by atoms with Crippen molar-refractivity contribution in [2.75, 3.05) is 11.9 Å². The maximum absolute atomic E-state index is 12.5. The topological polar surface area (TPSA) is 159 Å². The van der Waals surface area contributed by atoms with E-state index >= 15 is 0 Å². The summed E-state index contributed by atoms with van der Waals surface area (Å²) in [7, 11) is 0. The zero-order chi connectivity index (χ0) is 21.7. The number of carbonyl (C=O) groups excluding carboxylic acids is 2. The van der Waals surface area contributed by atoms with Crippen LogP contribution in [0.15, 0.2) is 52.5 Å². The van der Waals surface area contributed by atoms with Gasteiger partial charge in [-0.15, -0.1) is 11.8 Å². The van der Waals surface area contributed by atoms with Crippen molar-refractivity contribution in [1.29, 1.82) is 0 Å². The van der Waals surface area contributed by atoms with Crippen LogP contribution in [0.2, 0.25) is 0 Å². The molecule has 156 valence electrons. The highest BCUT2D eigenvalue weighted by molar-refractivity contribution is 8.00. The van der Waals surface area contributed by atoms with Gasteiger partial charge in [-0.2, -0.15) is 4.98 Å². The van der Waals surface area contributed by atoms with Gasteiger partial charge in [0.05, 0.1) is 22.8 Å². The van der Waals surface area contributed by atoms with E-state index in [1.165, 1.54) is 23.8 Å². The first-order chi connectivity index (χ1) is 14.4. The van der Waals surface area contributed by atoms with Crippen molar-refractivity contribution in [3.63, 3.8) is 0 Å². The van der Waals surface area contributed by atoms with Gasteiger partial charge in [0.2, 0.25) is 5.91 Å². The fraction of sp³-hybridized carbons (Fsp3) is 0.333. The van der Waals surface area contributed by atoms with E-state index in [1.54, 1.807) is 30.3 Å². The minimum Gasteiger partial charge on any atom is -0.457 e. The van der Waals surface area contributed by atoms with E-state index in [1.807, 2.05) is 0 Å². The molecule has 0 spiro atoms. The molecule has 3 rings (SSSR count). The third-order valence-corrected chi connectivity index (χ3v) is 5.89. The molecule has 1 saturated heterocycles. The van der Waals surface area contributed by atoms with Crippen LogP contribution in [0.4, 0.5) is 5.82 Å². The van der Waals surface area contributed by atoms with E-state index < -0.39 is 34.4 Å². The first-order valence-corrected chi connectivity index (χ1v) is 9.82. The Labute approximate surface area is 174 Å². The number of hydrogen-bond donors (Lipinski definition) is 2. The van der Waals surface area contributed by atoms with E-state index in [2.05, 4.69) is 20.3 Å². The Hall–Kier alpha value is -3.34. The summed E-state index contributed by atoms with van der Waals surface area (Å²) >= 11 is 1.13. The minimum atomic E-state index is -0.962. The number of rotatable bonds is 6. The van der Waals surface area contributed by atoms with Gasteiger partial charge in [-0.25, -0.2) is 9.59 Å². The molecular weight excluding hydrogens is 412 g/mol. The van der Waals surface area contributed by atoms with Crippen LogP contribution >= 0.6 is 11.8 Å². The zero-order valence-electron chi connectivity index (χ0n) is 15.8. The number of nitrogens with zero attached hydrogens (tertiary/aromatic N) is 5. The normalized spacial score (nSPS) is 22.7. The Balaban J connectivity index is 1.91. The van der Waals surface area contributed by atoms with Crippen molar-refractivity contribution < 1.29 is 19.4 Å². The molecule has 12 heteroatoms. The number of carbonyl (C=O) groups is 2. The second kappa shape index (κ2) is 9.44. The van der Waals surface area contributed by atoms with E-state index in [9.17, 15) is 19.5 Å². The number of benzene rings is 1. The highest BCUT2D eigenvalue weighted by Gasteiger charge is 2.47. The molecule has 4 atom stereocenters. The molecule has 11 nitrogen and oxygen atoms in total. The van der Waals surface area contributed by atoms with Gasteiger partial charge in [-0.3, -0.25) is 9.36 Å². The van der Waals surface area contributed by atoms with Crippen LogP contribution in [0.1, 0.15) is 22.7 Å². The third kappa shape index (κ3) is 4.62. The number of azide groups is 1. The second-order valence-electron chi connectivity index (χ2n) is 6.36. The van der Waals surface area contributed by atoms with Crippen LogP contribution in [0.25, 0.3) is 10.4 Å². The molecule has 0 radical (unpaired) electrons. The number of thioether (sulfide) groups is 1. The smallest absolute Gasteiger partial charge is 0.350 e. The van der Waals surface area contributed by atoms with Crippen LogP contribution in [-0.4, -0.2) is 50.5 Å². The van der Waals surface area contributed by atoms with E-state index in [0.29, 0.717) is 5.56 Å². The summed E-state index contributed by atoms with van der Waals surface area (Å²) in [6.45, 7) is 0.923. The Morgan fingerprint density at radius 3 is 2.70 bits per heavy atom.